The molecule has 0 aromatic heterocycles. The lowest BCUT2D eigenvalue weighted by Gasteiger charge is -2.05. The minimum Gasteiger partial charge on any atom is -0.484 e. The van der Waals surface area contributed by atoms with Gasteiger partial charge in [-0.3, -0.25) is 4.79 Å². The Bertz CT molecular complexity index is 323. The number of hydrogen-bond donors (Lipinski definition) is 2. The van der Waals surface area contributed by atoms with Gasteiger partial charge < -0.3 is 16.2 Å². The summed E-state index contributed by atoms with van der Waals surface area (Å²) in [6, 6.07) is 5.19. The standard InChI is InChI=1S/C9H12N2O2/c1-6-4-7(2-3-8(6)10)13-5-9(11)12/h2-4H,5,10H2,1H3,(H2,11,12). The van der Waals surface area contributed by atoms with E-state index >= 15 is 0 Å². The van der Waals surface area contributed by atoms with Gasteiger partial charge in [-0.25, -0.2) is 0 Å². The zero-order valence-electron chi connectivity index (χ0n) is 7.41. The van der Waals surface area contributed by atoms with Gasteiger partial charge in [0.05, 0.1) is 0 Å². The van der Waals surface area contributed by atoms with E-state index in [4.69, 9.17) is 16.2 Å². The summed E-state index contributed by atoms with van der Waals surface area (Å²) in [6.45, 7) is 1.76. The molecule has 4 heteroatoms. The van der Waals surface area contributed by atoms with Crippen molar-refractivity contribution in [2.45, 2.75) is 6.92 Å². The van der Waals surface area contributed by atoms with Gasteiger partial charge >= 0.3 is 0 Å². The molecule has 0 unspecified atom stereocenters. The molecule has 0 bridgehead atoms. The van der Waals surface area contributed by atoms with Gasteiger partial charge in [0.15, 0.2) is 6.61 Å². The van der Waals surface area contributed by atoms with Crippen molar-refractivity contribution in [3.63, 3.8) is 0 Å². The van der Waals surface area contributed by atoms with E-state index in [1.165, 1.54) is 0 Å². The number of amides is 1. The van der Waals surface area contributed by atoms with Crippen LogP contribution in [0.4, 0.5) is 5.69 Å². The second kappa shape index (κ2) is 3.80. The summed E-state index contributed by atoms with van der Waals surface area (Å²) in [5, 5.41) is 0. The van der Waals surface area contributed by atoms with Gasteiger partial charge in [-0.1, -0.05) is 0 Å². The van der Waals surface area contributed by atoms with Gasteiger partial charge in [-0.05, 0) is 30.7 Å². The molecule has 1 rings (SSSR count). The van der Waals surface area contributed by atoms with Crippen LogP contribution in [0.3, 0.4) is 0 Å². The Morgan fingerprint density at radius 2 is 2.23 bits per heavy atom. The molecule has 0 saturated heterocycles. The Morgan fingerprint density at radius 1 is 1.54 bits per heavy atom. The average Bonchev–Trinajstić information content (AvgIpc) is 2.07. The van der Waals surface area contributed by atoms with E-state index in [1.807, 2.05) is 6.92 Å². The fraction of sp³-hybridized carbons (Fsp3) is 0.222. The second-order valence-electron chi connectivity index (χ2n) is 2.77. The first-order valence-electron chi connectivity index (χ1n) is 3.87. The molecule has 0 radical (unpaired) electrons. The molecule has 1 amide bonds. The maximum absolute atomic E-state index is 10.4. The number of benzene rings is 1. The Hall–Kier alpha value is -1.71. The van der Waals surface area contributed by atoms with Gasteiger partial charge in [0.25, 0.3) is 5.91 Å². The van der Waals surface area contributed by atoms with Crippen molar-refractivity contribution >= 4 is 11.6 Å². The van der Waals surface area contributed by atoms with Crippen molar-refractivity contribution in [3.8, 4) is 5.75 Å². The van der Waals surface area contributed by atoms with E-state index < -0.39 is 5.91 Å². The third kappa shape index (κ3) is 2.66. The second-order valence-corrected chi connectivity index (χ2v) is 2.77. The highest BCUT2D eigenvalue weighted by molar-refractivity contribution is 5.75. The van der Waals surface area contributed by atoms with Crippen LogP contribution in [0.1, 0.15) is 5.56 Å². The highest BCUT2D eigenvalue weighted by Gasteiger charge is 1.99. The topological polar surface area (TPSA) is 78.3 Å². The maximum atomic E-state index is 10.4. The lowest BCUT2D eigenvalue weighted by Crippen LogP contribution is -2.20. The van der Waals surface area contributed by atoms with E-state index in [0.717, 1.165) is 5.56 Å². The number of anilines is 1. The van der Waals surface area contributed by atoms with Crippen LogP contribution in [0, 0.1) is 6.92 Å². The van der Waals surface area contributed by atoms with Crippen LogP contribution in [0.5, 0.6) is 5.75 Å². The van der Waals surface area contributed by atoms with Gasteiger partial charge in [0, 0.05) is 5.69 Å². The third-order valence-electron chi connectivity index (χ3n) is 1.62. The molecule has 70 valence electrons. The lowest BCUT2D eigenvalue weighted by atomic mass is 10.2. The fourth-order valence-electron chi connectivity index (χ4n) is 0.892. The van der Waals surface area contributed by atoms with Crippen LogP contribution >= 0.6 is 0 Å². The average molecular weight is 180 g/mol. The number of hydrogen-bond acceptors (Lipinski definition) is 3. The molecule has 0 spiro atoms. The summed E-state index contributed by atoms with van der Waals surface area (Å²) >= 11 is 0. The molecule has 1 aromatic rings. The zero-order chi connectivity index (χ0) is 9.84. The van der Waals surface area contributed by atoms with Crippen molar-refractivity contribution in [1.82, 2.24) is 0 Å². The van der Waals surface area contributed by atoms with Crippen molar-refractivity contribution in [2.24, 2.45) is 5.73 Å². The molecule has 0 aliphatic rings. The number of ether oxygens (including phenoxy) is 1. The van der Waals surface area contributed by atoms with E-state index in [-0.39, 0.29) is 6.61 Å². The van der Waals surface area contributed by atoms with Crippen molar-refractivity contribution in [1.29, 1.82) is 0 Å². The van der Waals surface area contributed by atoms with Gasteiger partial charge in [-0.15, -0.1) is 0 Å². The smallest absolute Gasteiger partial charge is 0.255 e. The molecule has 0 saturated carbocycles. The molecular formula is C9H12N2O2. The normalized spacial score (nSPS) is 9.62. The first-order chi connectivity index (χ1) is 6.09. The Balaban J connectivity index is 2.68. The number of nitrogens with two attached hydrogens (primary N) is 2. The molecule has 4 N–H and O–H groups in total. The maximum Gasteiger partial charge on any atom is 0.255 e. The Labute approximate surface area is 76.5 Å². The van der Waals surface area contributed by atoms with Crippen LogP contribution in [0.2, 0.25) is 0 Å². The van der Waals surface area contributed by atoms with Crippen LogP contribution in [0.15, 0.2) is 18.2 Å². The monoisotopic (exact) mass is 180 g/mol. The first-order valence-corrected chi connectivity index (χ1v) is 3.87. The van der Waals surface area contributed by atoms with E-state index in [2.05, 4.69) is 0 Å². The molecule has 0 aliphatic carbocycles. The summed E-state index contributed by atoms with van der Waals surface area (Å²) in [7, 11) is 0. The summed E-state index contributed by atoms with van der Waals surface area (Å²) in [5.74, 6) is 0.111. The number of rotatable bonds is 3. The summed E-state index contributed by atoms with van der Waals surface area (Å²) in [5.41, 5.74) is 12.1. The van der Waals surface area contributed by atoms with E-state index in [0.29, 0.717) is 11.4 Å². The third-order valence-corrected chi connectivity index (χ3v) is 1.62. The van der Waals surface area contributed by atoms with Crippen molar-refractivity contribution in [2.75, 3.05) is 12.3 Å². The Kier molecular flexibility index (Phi) is 2.74. The predicted molar refractivity (Wildman–Crippen MR) is 50.3 cm³/mol. The van der Waals surface area contributed by atoms with E-state index in [9.17, 15) is 4.79 Å². The highest BCUT2D eigenvalue weighted by atomic mass is 16.5. The molecule has 0 fully saturated rings. The number of nitrogen functional groups attached to an aromatic ring is 1. The molecule has 4 nitrogen and oxygen atoms in total. The van der Waals surface area contributed by atoms with Crippen LogP contribution in [-0.2, 0) is 4.79 Å². The number of carbonyl (C=O) groups excluding carboxylic acids is 1. The van der Waals surface area contributed by atoms with Crippen molar-refractivity contribution in [3.05, 3.63) is 23.8 Å². The van der Waals surface area contributed by atoms with E-state index in [1.54, 1.807) is 18.2 Å². The first kappa shape index (κ1) is 9.38. The molecule has 0 heterocycles. The van der Waals surface area contributed by atoms with Gasteiger partial charge in [0.1, 0.15) is 5.75 Å². The summed E-state index contributed by atoms with van der Waals surface area (Å²) in [6.07, 6.45) is 0. The minimum absolute atomic E-state index is 0.108. The van der Waals surface area contributed by atoms with Crippen molar-refractivity contribution < 1.29 is 9.53 Å². The lowest BCUT2D eigenvalue weighted by molar-refractivity contribution is -0.119. The molecule has 0 atom stereocenters. The van der Waals surface area contributed by atoms with Gasteiger partial charge in [0.2, 0.25) is 0 Å². The minimum atomic E-state index is -0.491. The number of primary amides is 1. The van der Waals surface area contributed by atoms with Crippen LogP contribution in [0.25, 0.3) is 0 Å². The SMILES string of the molecule is Cc1cc(OCC(N)=O)ccc1N. The number of aryl methyl sites for hydroxylation is 1. The number of carbonyl (C=O) groups is 1. The fourth-order valence-corrected chi connectivity index (χ4v) is 0.892. The molecule has 13 heavy (non-hydrogen) atoms. The molecular weight excluding hydrogens is 168 g/mol. The quantitative estimate of drug-likeness (QED) is 0.662. The molecule has 1 aromatic carbocycles. The highest BCUT2D eigenvalue weighted by Crippen LogP contribution is 2.18. The van der Waals surface area contributed by atoms with Crippen LogP contribution < -0.4 is 16.2 Å². The largest absolute Gasteiger partial charge is 0.484 e. The Morgan fingerprint density at radius 3 is 2.77 bits per heavy atom. The summed E-state index contributed by atoms with van der Waals surface area (Å²) in [4.78, 5) is 10.4. The molecule has 0 aliphatic heterocycles. The van der Waals surface area contributed by atoms with Crippen LogP contribution in [-0.4, -0.2) is 12.5 Å². The predicted octanol–water partition coefficient (Wildman–Crippen LogP) is 0.441. The van der Waals surface area contributed by atoms with Gasteiger partial charge in [-0.2, -0.15) is 0 Å². The summed E-state index contributed by atoms with van der Waals surface area (Å²) < 4.78 is 5.07. The zero-order valence-corrected chi connectivity index (χ0v) is 7.41.